The first-order chi connectivity index (χ1) is 8.58. The Bertz CT molecular complexity index is 598. The van der Waals surface area contributed by atoms with E-state index in [0.717, 1.165) is 11.1 Å². The summed E-state index contributed by atoms with van der Waals surface area (Å²) in [7, 11) is 0. The molecular formula is C14H12ClNOS. The molecular weight excluding hydrogens is 266 g/mol. The van der Waals surface area contributed by atoms with E-state index in [0.29, 0.717) is 21.5 Å². The van der Waals surface area contributed by atoms with Crippen molar-refractivity contribution in [1.29, 1.82) is 0 Å². The van der Waals surface area contributed by atoms with Crippen LogP contribution in [-0.4, -0.2) is 4.99 Å². The highest BCUT2D eigenvalue weighted by Crippen LogP contribution is 2.28. The Labute approximate surface area is 116 Å². The molecule has 0 amide bonds. The van der Waals surface area contributed by atoms with Crippen molar-refractivity contribution >= 4 is 28.8 Å². The van der Waals surface area contributed by atoms with Crippen LogP contribution < -0.4 is 10.5 Å². The summed E-state index contributed by atoms with van der Waals surface area (Å²) in [5.41, 5.74) is 7.34. The summed E-state index contributed by atoms with van der Waals surface area (Å²) < 4.78 is 5.78. The Morgan fingerprint density at radius 3 is 2.61 bits per heavy atom. The molecule has 18 heavy (non-hydrogen) atoms. The molecule has 2 rings (SSSR count). The predicted octanol–water partition coefficient (Wildman–Crippen LogP) is 4.07. The second kappa shape index (κ2) is 5.38. The summed E-state index contributed by atoms with van der Waals surface area (Å²) in [4.78, 5) is 0.316. The van der Waals surface area contributed by atoms with Crippen LogP contribution in [0.25, 0.3) is 0 Å². The van der Waals surface area contributed by atoms with Gasteiger partial charge < -0.3 is 10.5 Å². The summed E-state index contributed by atoms with van der Waals surface area (Å²) >= 11 is 11.0. The maximum Gasteiger partial charge on any atom is 0.137 e. The van der Waals surface area contributed by atoms with E-state index < -0.39 is 0 Å². The van der Waals surface area contributed by atoms with Gasteiger partial charge in [0.2, 0.25) is 0 Å². The van der Waals surface area contributed by atoms with Crippen molar-refractivity contribution in [2.75, 3.05) is 0 Å². The number of rotatable bonds is 3. The van der Waals surface area contributed by atoms with Crippen LogP contribution in [0.15, 0.2) is 42.5 Å². The maximum atomic E-state index is 5.97. The third-order valence-electron chi connectivity index (χ3n) is 2.51. The van der Waals surface area contributed by atoms with Crippen LogP contribution in [0, 0.1) is 6.92 Å². The second-order valence-corrected chi connectivity index (χ2v) is 4.72. The van der Waals surface area contributed by atoms with Gasteiger partial charge in [0.15, 0.2) is 0 Å². The fourth-order valence-corrected chi connectivity index (χ4v) is 1.85. The Balaban J connectivity index is 2.34. The minimum Gasteiger partial charge on any atom is -0.457 e. The Hall–Kier alpha value is -1.58. The van der Waals surface area contributed by atoms with Gasteiger partial charge in [-0.25, -0.2) is 0 Å². The van der Waals surface area contributed by atoms with Gasteiger partial charge >= 0.3 is 0 Å². The van der Waals surface area contributed by atoms with Gasteiger partial charge in [0.25, 0.3) is 0 Å². The van der Waals surface area contributed by atoms with Gasteiger partial charge in [-0.2, -0.15) is 0 Å². The quantitative estimate of drug-likeness (QED) is 0.859. The fraction of sp³-hybridized carbons (Fsp3) is 0.0714. The molecule has 0 atom stereocenters. The monoisotopic (exact) mass is 277 g/mol. The zero-order valence-electron chi connectivity index (χ0n) is 9.81. The molecule has 0 saturated heterocycles. The predicted molar refractivity (Wildman–Crippen MR) is 78.6 cm³/mol. The van der Waals surface area contributed by atoms with Gasteiger partial charge in [-0.15, -0.1) is 0 Å². The number of hydrogen-bond acceptors (Lipinski definition) is 2. The van der Waals surface area contributed by atoms with E-state index in [1.54, 1.807) is 6.07 Å². The van der Waals surface area contributed by atoms with Gasteiger partial charge in [-0.1, -0.05) is 36.0 Å². The molecule has 2 aromatic carbocycles. The van der Waals surface area contributed by atoms with Crippen LogP contribution in [0.5, 0.6) is 11.5 Å². The molecule has 0 aromatic heterocycles. The minimum atomic E-state index is 0.316. The smallest absolute Gasteiger partial charge is 0.137 e. The second-order valence-electron chi connectivity index (χ2n) is 3.87. The summed E-state index contributed by atoms with van der Waals surface area (Å²) in [5, 5.41) is 0.713. The van der Waals surface area contributed by atoms with Crippen LogP contribution in [0.2, 0.25) is 5.02 Å². The largest absolute Gasteiger partial charge is 0.457 e. The van der Waals surface area contributed by atoms with E-state index >= 15 is 0 Å². The average molecular weight is 278 g/mol. The van der Waals surface area contributed by atoms with E-state index in [4.69, 9.17) is 34.3 Å². The lowest BCUT2D eigenvalue weighted by Crippen LogP contribution is -2.10. The van der Waals surface area contributed by atoms with Crippen molar-refractivity contribution in [2.24, 2.45) is 5.73 Å². The maximum absolute atomic E-state index is 5.97. The molecule has 0 bridgehead atoms. The molecule has 0 fully saturated rings. The average Bonchev–Trinajstić information content (AvgIpc) is 2.34. The highest BCUT2D eigenvalue weighted by molar-refractivity contribution is 7.80. The van der Waals surface area contributed by atoms with Gasteiger partial charge in [0.1, 0.15) is 16.5 Å². The van der Waals surface area contributed by atoms with Crippen molar-refractivity contribution in [3.05, 3.63) is 58.6 Å². The lowest BCUT2D eigenvalue weighted by atomic mass is 10.2. The Kier molecular flexibility index (Phi) is 3.84. The number of benzene rings is 2. The van der Waals surface area contributed by atoms with Crippen LogP contribution in [0.1, 0.15) is 11.1 Å². The number of para-hydroxylation sites is 1. The van der Waals surface area contributed by atoms with Crippen molar-refractivity contribution in [3.63, 3.8) is 0 Å². The molecule has 0 aliphatic rings. The normalized spacial score (nSPS) is 10.1. The van der Waals surface area contributed by atoms with Gasteiger partial charge in [0.05, 0.1) is 5.56 Å². The Morgan fingerprint density at radius 1 is 1.22 bits per heavy atom. The first-order valence-corrected chi connectivity index (χ1v) is 6.19. The standard InChI is InChI=1S/C14H12ClNOS/c1-9-8-10(6-7-12(9)15)17-13-5-3-2-4-11(13)14(16)18/h2-8H,1H3,(H2,16,18). The van der Waals surface area contributed by atoms with Crippen molar-refractivity contribution in [3.8, 4) is 11.5 Å². The summed E-state index contributed by atoms with van der Waals surface area (Å²) in [5.74, 6) is 1.35. The van der Waals surface area contributed by atoms with E-state index in [1.165, 1.54) is 0 Å². The molecule has 2 nitrogen and oxygen atoms in total. The van der Waals surface area contributed by atoms with Crippen LogP contribution >= 0.6 is 23.8 Å². The number of nitrogens with two attached hydrogens (primary N) is 1. The molecule has 0 saturated carbocycles. The fourth-order valence-electron chi connectivity index (χ4n) is 1.57. The lowest BCUT2D eigenvalue weighted by Gasteiger charge is -2.10. The highest BCUT2D eigenvalue weighted by Gasteiger charge is 2.07. The van der Waals surface area contributed by atoms with Gasteiger partial charge in [-0.05, 0) is 42.8 Å². The molecule has 0 spiro atoms. The number of ether oxygens (including phenoxy) is 1. The molecule has 0 aliphatic carbocycles. The molecule has 92 valence electrons. The zero-order valence-corrected chi connectivity index (χ0v) is 11.4. The lowest BCUT2D eigenvalue weighted by molar-refractivity contribution is 0.481. The van der Waals surface area contributed by atoms with Gasteiger partial charge in [0, 0.05) is 5.02 Å². The number of aryl methyl sites for hydroxylation is 1. The molecule has 4 heteroatoms. The SMILES string of the molecule is Cc1cc(Oc2ccccc2C(N)=S)ccc1Cl. The first-order valence-electron chi connectivity index (χ1n) is 5.41. The van der Waals surface area contributed by atoms with E-state index in [1.807, 2.05) is 43.3 Å². The first kappa shape index (κ1) is 12.9. The third-order valence-corrected chi connectivity index (χ3v) is 3.15. The molecule has 2 N–H and O–H groups in total. The number of thiocarbonyl (C=S) groups is 1. The van der Waals surface area contributed by atoms with Crippen molar-refractivity contribution in [1.82, 2.24) is 0 Å². The van der Waals surface area contributed by atoms with E-state index in [-0.39, 0.29) is 0 Å². The van der Waals surface area contributed by atoms with E-state index in [2.05, 4.69) is 0 Å². The molecule has 0 radical (unpaired) electrons. The molecule has 0 unspecified atom stereocenters. The van der Waals surface area contributed by atoms with Crippen LogP contribution in [-0.2, 0) is 0 Å². The molecule has 0 aliphatic heterocycles. The molecule has 0 heterocycles. The zero-order chi connectivity index (χ0) is 13.1. The summed E-state index contributed by atoms with van der Waals surface area (Å²) in [6.45, 7) is 1.93. The minimum absolute atomic E-state index is 0.316. The molecule has 2 aromatic rings. The highest BCUT2D eigenvalue weighted by atomic mass is 35.5. The van der Waals surface area contributed by atoms with E-state index in [9.17, 15) is 0 Å². The van der Waals surface area contributed by atoms with Crippen LogP contribution in [0.4, 0.5) is 0 Å². The summed E-state index contributed by atoms with van der Waals surface area (Å²) in [6, 6.07) is 12.9. The number of halogens is 1. The van der Waals surface area contributed by atoms with Crippen molar-refractivity contribution in [2.45, 2.75) is 6.92 Å². The van der Waals surface area contributed by atoms with Crippen LogP contribution in [0.3, 0.4) is 0 Å². The summed E-state index contributed by atoms with van der Waals surface area (Å²) in [6.07, 6.45) is 0. The number of hydrogen-bond donors (Lipinski definition) is 1. The third kappa shape index (κ3) is 2.81. The van der Waals surface area contributed by atoms with Crippen molar-refractivity contribution < 1.29 is 4.74 Å². The van der Waals surface area contributed by atoms with Gasteiger partial charge in [-0.3, -0.25) is 0 Å². The Morgan fingerprint density at radius 2 is 1.94 bits per heavy atom. The topological polar surface area (TPSA) is 35.2 Å².